The number of alkyl halides is 2. The first-order valence-corrected chi connectivity index (χ1v) is 11.2. The normalized spacial score (nSPS) is 17.6. The van der Waals surface area contributed by atoms with Crippen molar-refractivity contribution in [3.63, 3.8) is 0 Å². The minimum absolute atomic E-state index is 0.121. The molecule has 158 valence electrons. The van der Waals surface area contributed by atoms with Crippen LogP contribution in [0.4, 0.5) is 8.78 Å². The number of nitrogens with zero attached hydrogens (tertiary/aromatic N) is 3. The van der Waals surface area contributed by atoms with Crippen LogP contribution in [0, 0.1) is 11.3 Å². The third-order valence-corrected chi connectivity index (χ3v) is 6.58. The molecule has 2 amide bonds. The van der Waals surface area contributed by atoms with E-state index in [0.29, 0.717) is 20.8 Å². The number of likely N-dealkylation sites (tertiary alicyclic amines) is 1. The van der Waals surface area contributed by atoms with E-state index >= 15 is 0 Å². The van der Waals surface area contributed by atoms with Crippen molar-refractivity contribution in [2.24, 2.45) is 0 Å². The van der Waals surface area contributed by atoms with E-state index in [4.69, 9.17) is 28.5 Å². The molecular formula is C18H14Cl2F2N4O2S2. The number of halogens is 4. The summed E-state index contributed by atoms with van der Waals surface area (Å²) in [6.45, 7) is -1.32. The second-order valence-electron chi connectivity index (χ2n) is 6.43. The standard InChI is InChI=1S/C18H14Cl2F2N4O2S2/c19-10-1-11(20)3-13(2-10)29-8-15-25-14(7-30-15)17(28)24-6-16(27)26-9-18(21,22)4-12(26)5-23/h1-3,7,12H,4,6,8-9H2,(H,24,28)/t12-/m0/s1. The molecule has 30 heavy (non-hydrogen) atoms. The molecule has 2 heterocycles. The fraction of sp³-hybridized carbons (Fsp3) is 0.333. The highest BCUT2D eigenvalue weighted by Crippen LogP contribution is 2.32. The zero-order valence-electron chi connectivity index (χ0n) is 15.2. The molecule has 1 N–H and O–H groups in total. The Morgan fingerprint density at radius 1 is 1.37 bits per heavy atom. The Morgan fingerprint density at radius 3 is 2.73 bits per heavy atom. The lowest BCUT2D eigenvalue weighted by Gasteiger charge is -2.19. The fourth-order valence-electron chi connectivity index (χ4n) is 2.78. The van der Waals surface area contributed by atoms with Crippen LogP contribution in [0.3, 0.4) is 0 Å². The summed E-state index contributed by atoms with van der Waals surface area (Å²) in [4.78, 5) is 30.2. The number of hydrogen-bond acceptors (Lipinski definition) is 6. The minimum atomic E-state index is -3.10. The Balaban J connectivity index is 1.52. The second kappa shape index (κ2) is 9.47. The molecule has 6 nitrogen and oxygen atoms in total. The maximum Gasteiger partial charge on any atom is 0.271 e. The number of carbonyl (C=O) groups excluding carboxylic acids is 2. The summed E-state index contributed by atoms with van der Waals surface area (Å²) >= 11 is 14.7. The SMILES string of the molecule is N#C[C@@H]1CC(F)(F)CN1C(=O)CNC(=O)c1csc(CSc2cc(Cl)cc(Cl)c2)n1. The van der Waals surface area contributed by atoms with Gasteiger partial charge in [0, 0.05) is 26.7 Å². The first-order chi connectivity index (χ1) is 14.2. The van der Waals surface area contributed by atoms with Crippen LogP contribution in [-0.2, 0) is 10.5 Å². The zero-order valence-corrected chi connectivity index (χ0v) is 18.3. The van der Waals surface area contributed by atoms with Gasteiger partial charge in [0.15, 0.2) is 0 Å². The molecule has 0 bridgehead atoms. The molecule has 1 aliphatic rings. The van der Waals surface area contributed by atoms with Gasteiger partial charge in [0.1, 0.15) is 16.7 Å². The molecule has 1 aromatic heterocycles. The summed E-state index contributed by atoms with van der Waals surface area (Å²) < 4.78 is 26.9. The number of rotatable bonds is 6. The van der Waals surface area contributed by atoms with Gasteiger partial charge in [0.25, 0.3) is 11.8 Å². The molecule has 0 aliphatic carbocycles. The number of thiazole rings is 1. The molecule has 0 spiro atoms. The Kier molecular flexibility index (Phi) is 7.18. The van der Waals surface area contributed by atoms with Crippen LogP contribution >= 0.6 is 46.3 Å². The van der Waals surface area contributed by atoms with Gasteiger partial charge in [-0.25, -0.2) is 13.8 Å². The van der Waals surface area contributed by atoms with E-state index in [0.717, 1.165) is 9.80 Å². The van der Waals surface area contributed by atoms with E-state index in [1.165, 1.54) is 23.1 Å². The van der Waals surface area contributed by atoms with Crippen LogP contribution in [0.5, 0.6) is 0 Å². The van der Waals surface area contributed by atoms with Crippen LogP contribution in [0.25, 0.3) is 0 Å². The third-order valence-electron chi connectivity index (χ3n) is 4.12. The Bertz CT molecular complexity index is 992. The number of nitrogens with one attached hydrogen (secondary N) is 1. The smallest absolute Gasteiger partial charge is 0.271 e. The number of carbonyl (C=O) groups is 2. The summed E-state index contributed by atoms with van der Waals surface area (Å²) in [6.07, 6.45) is -0.700. The lowest BCUT2D eigenvalue weighted by molar-refractivity contribution is -0.131. The first-order valence-electron chi connectivity index (χ1n) is 8.55. The molecule has 1 atom stereocenters. The van der Waals surface area contributed by atoms with Crippen LogP contribution < -0.4 is 5.32 Å². The lowest BCUT2D eigenvalue weighted by atomic mass is 10.2. The Morgan fingerprint density at radius 2 is 2.07 bits per heavy atom. The van der Waals surface area contributed by atoms with Crippen molar-refractivity contribution >= 4 is 58.1 Å². The fourth-order valence-corrected chi connectivity index (χ4v) is 5.22. The maximum atomic E-state index is 13.4. The summed E-state index contributed by atoms with van der Waals surface area (Å²) in [5.41, 5.74) is 0.121. The molecule has 1 fully saturated rings. The second-order valence-corrected chi connectivity index (χ2v) is 9.29. The van der Waals surface area contributed by atoms with E-state index in [-0.39, 0.29) is 5.69 Å². The van der Waals surface area contributed by atoms with Crippen LogP contribution in [0.15, 0.2) is 28.5 Å². The van der Waals surface area contributed by atoms with Gasteiger partial charge in [-0.1, -0.05) is 23.2 Å². The molecule has 12 heteroatoms. The molecule has 1 aromatic carbocycles. The van der Waals surface area contributed by atoms with Gasteiger partial charge < -0.3 is 10.2 Å². The van der Waals surface area contributed by atoms with Crippen molar-refractivity contribution in [1.82, 2.24) is 15.2 Å². The van der Waals surface area contributed by atoms with Gasteiger partial charge >= 0.3 is 0 Å². The lowest BCUT2D eigenvalue weighted by Crippen LogP contribution is -2.43. The van der Waals surface area contributed by atoms with E-state index in [1.807, 2.05) is 0 Å². The van der Waals surface area contributed by atoms with Crippen molar-refractivity contribution in [2.45, 2.75) is 29.0 Å². The maximum absolute atomic E-state index is 13.4. The molecule has 1 aliphatic heterocycles. The highest BCUT2D eigenvalue weighted by molar-refractivity contribution is 7.98. The number of amides is 2. The Labute approximate surface area is 189 Å². The van der Waals surface area contributed by atoms with E-state index in [9.17, 15) is 18.4 Å². The number of aromatic nitrogens is 1. The summed E-state index contributed by atoms with van der Waals surface area (Å²) in [6, 6.07) is 5.65. The largest absolute Gasteiger partial charge is 0.342 e. The molecule has 1 saturated heterocycles. The van der Waals surface area contributed by atoms with Crippen molar-refractivity contribution in [1.29, 1.82) is 5.26 Å². The van der Waals surface area contributed by atoms with Crippen molar-refractivity contribution in [2.75, 3.05) is 13.1 Å². The minimum Gasteiger partial charge on any atom is -0.342 e. The van der Waals surface area contributed by atoms with Crippen molar-refractivity contribution < 1.29 is 18.4 Å². The van der Waals surface area contributed by atoms with Gasteiger partial charge in [-0.2, -0.15) is 5.26 Å². The monoisotopic (exact) mass is 490 g/mol. The molecule has 0 unspecified atom stereocenters. The molecule has 0 saturated carbocycles. The summed E-state index contributed by atoms with van der Waals surface area (Å²) in [5.74, 6) is -3.95. The predicted molar refractivity (Wildman–Crippen MR) is 111 cm³/mol. The van der Waals surface area contributed by atoms with Crippen molar-refractivity contribution in [3.8, 4) is 6.07 Å². The van der Waals surface area contributed by atoms with E-state index in [1.54, 1.807) is 29.6 Å². The average Bonchev–Trinajstić information content (AvgIpc) is 3.27. The molecule has 2 aromatic rings. The van der Waals surface area contributed by atoms with Gasteiger partial charge in [-0.05, 0) is 18.2 Å². The average molecular weight is 491 g/mol. The topological polar surface area (TPSA) is 86.1 Å². The molecular weight excluding hydrogens is 477 g/mol. The van der Waals surface area contributed by atoms with Gasteiger partial charge in [-0.3, -0.25) is 9.59 Å². The highest BCUT2D eigenvalue weighted by Gasteiger charge is 2.47. The number of thioether (sulfide) groups is 1. The number of nitriles is 1. The van der Waals surface area contributed by atoms with Gasteiger partial charge in [0.05, 0.1) is 24.9 Å². The number of hydrogen-bond donors (Lipinski definition) is 1. The predicted octanol–water partition coefficient (Wildman–Crippen LogP) is 4.23. The highest BCUT2D eigenvalue weighted by atomic mass is 35.5. The van der Waals surface area contributed by atoms with Crippen molar-refractivity contribution in [3.05, 3.63) is 44.3 Å². The quantitative estimate of drug-likeness (QED) is 0.612. The van der Waals surface area contributed by atoms with Crippen LogP contribution in [-0.4, -0.2) is 46.8 Å². The van der Waals surface area contributed by atoms with E-state index < -0.39 is 43.3 Å². The summed E-state index contributed by atoms with van der Waals surface area (Å²) in [7, 11) is 0. The third kappa shape index (κ3) is 5.82. The van der Waals surface area contributed by atoms with Crippen LogP contribution in [0.2, 0.25) is 10.0 Å². The Hall–Kier alpha value is -1.93. The van der Waals surface area contributed by atoms with Crippen LogP contribution in [0.1, 0.15) is 21.9 Å². The number of benzene rings is 1. The summed E-state index contributed by atoms with van der Waals surface area (Å²) in [5, 5.41) is 14.6. The van der Waals surface area contributed by atoms with E-state index in [2.05, 4.69) is 10.3 Å². The van der Waals surface area contributed by atoms with Gasteiger partial charge in [-0.15, -0.1) is 23.1 Å². The van der Waals surface area contributed by atoms with Gasteiger partial charge in [0.2, 0.25) is 5.91 Å². The molecule has 0 radical (unpaired) electrons. The zero-order chi connectivity index (χ0) is 21.9. The molecule has 3 rings (SSSR count). The first kappa shape index (κ1) is 22.7.